The molecule has 0 atom stereocenters. The van der Waals surface area contributed by atoms with E-state index in [1.807, 2.05) is 0 Å². The Morgan fingerprint density at radius 1 is 1.30 bits per heavy atom. The Balaban J connectivity index is 2.34. The second-order valence-corrected chi connectivity index (χ2v) is 4.18. The lowest BCUT2D eigenvalue weighted by molar-refractivity contribution is -0.384. The molecule has 0 unspecified atom stereocenters. The molecular weight excluding hydrogens is 260 g/mol. The molecule has 2 aromatic rings. The highest BCUT2D eigenvalue weighted by atomic mass is 16.6. The highest BCUT2D eigenvalue weighted by Crippen LogP contribution is 2.20. The number of hydrogen-bond acceptors (Lipinski definition) is 4. The third-order valence-electron chi connectivity index (χ3n) is 2.98. The van der Waals surface area contributed by atoms with Crippen LogP contribution < -0.4 is 0 Å². The van der Waals surface area contributed by atoms with Gasteiger partial charge in [0.2, 0.25) is 0 Å². The summed E-state index contributed by atoms with van der Waals surface area (Å²) >= 11 is 0. The van der Waals surface area contributed by atoms with Gasteiger partial charge in [-0.1, -0.05) is 0 Å². The summed E-state index contributed by atoms with van der Waals surface area (Å²) in [4.78, 5) is 21.9. The predicted octanol–water partition coefficient (Wildman–Crippen LogP) is 2.87. The maximum Gasteiger partial charge on any atom is 0.339 e. The zero-order chi connectivity index (χ0) is 14.7. The first-order chi connectivity index (χ1) is 9.54. The minimum absolute atomic E-state index is 0.0316. The monoisotopic (exact) mass is 274 g/mol. The lowest BCUT2D eigenvalue weighted by atomic mass is 10.2. The molecule has 20 heavy (non-hydrogen) atoms. The Hall–Kier alpha value is -2.63. The number of esters is 1. The molecule has 0 aliphatic heterocycles. The first-order valence-corrected chi connectivity index (χ1v) is 6.14. The van der Waals surface area contributed by atoms with Gasteiger partial charge in [0.15, 0.2) is 0 Å². The predicted molar refractivity (Wildman–Crippen MR) is 73.1 cm³/mol. The van der Waals surface area contributed by atoms with Crippen molar-refractivity contribution in [1.82, 2.24) is 4.57 Å². The van der Waals surface area contributed by atoms with Gasteiger partial charge in [-0.25, -0.2) is 4.79 Å². The van der Waals surface area contributed by atoms with Gasteiger partial charge < -0.3 is 9.30 Å². The van der Waals surface area contributed by atoms with E-state index in [-0.39, 0.29) is 11.7 Å². The molecule has 0 aliphatic carbocycles. The van der Waals surface area contributed by atoms with Crippen LogP contribution in [0.4, 0.5) is 5.69 Å². The van der Waals surface area contributed by atoms with E-state index >= 15 is 0 Å². The third kappa shape index (κ3) is 2.54. The van der Waals surface area contributed by atoms with Crippen molar-refractivity contribution in [3.63, 3.8) is 0 Å². The molecule has 0 radical (unpaired) electrons. The summed E-state index contributed by atoms with van der Waals surface area (Å²) in [5.74, 6) is -0.370. The standard InChI is InChI=1S/C14H14N2O4/c1-3-20-14(17)13-8-9-15(10(13)2)11-4-6-12(7-5-11)16(18)19/h4-9H,3H2,1-2H3. The van der Waals surface area contributed by atoms with Gasteiger partial charge in [0.05, 0.1) is 17.1 Å². The minimum atomic E-state index is -0.448. The molecule has 0 spiro atoms. The summed E-state index contributed by atoms with van der Waals surface area (Å²) in [7, 11) is 0. The topological polar surface area (TPSA) is 74.4 Å². The van der Waals surface area contributed by atoms with Gasteiger partial charge in [-0.2, -0.15) is 0 Å². The number of non-ortho nitro benzene ring substituents is 1. The van der Waals surface area contributed by atoms with Crippen molar-refractivity contribution in [3.8, 4) is 5.69 Å². The average Bonchev–Trinajstić information content (AvgIpc) is 2.81. The quantitative estimate of drug-likeness (QED) is 0.488. The number of ether oxygens (including phenoxy) is 1. The van der Waals surface area contributed by atoms with Crippen LogP contribution in [0.15, 0.2) is 36.5 Å². The summed E-state index contributed by atoms with van der Waals surface area (Å²) in [6, 6.07) is 7.81. The molecule has 1 aromatic heterocycles. The van der Waals surface area contributed by atoms with Gasteiger partial charge in [-0.3, -0.25) is 10.1 Å². The molecule has 6 heteroatoms. The van der Waals surface area contributed by atoms with E-state index in [0.29, 0.717) is 12.2 Å². The number of hydrogen-bond donors (Lipinski definition) is 0. The lowest BCUT2D eigenvalue weighted by Crippen LogP contribution is -2.06. The van der Waals surface area contributed by atoms with Crippen LogP contribution in [0.3, 0.4) is 0 Å². The molecule has 0 N–H and O–H groups in total. The molecule has 2 rings (SSSR count). The van der Waals surface area contributed by atoms with Gasteiger partial charge in [0.1, 0.15) is 0 Å². The molecule has 0 amide bonds. The number of nitro groups is 1. The van der Waals surface area contributed by atoms with E-state index in [1.165, 1.54) is 12.1 Å². The van der Waals surface area contributed by atoms with Gasteiger partial charge in [-0.05, 0) is 32.0 Å². The molecule has 6 nitrogen and oxygen atoms in total. The number of rotatable bonds is 4. The Morgan fingerprint density at radius 3 is 2.50 bits per heavy atom. The van der Waals surface area contributed by atoms with Crippen molar-refractivity contribution >= 4 is 11.7 Å². The Kier molecular flexibility index (Phi) is 3.84. The Bertz CT molecular complexity index is 644. The maximum absolute atomic E-state index is 11.7. The molecule has 0 saturated carbocycles. The summed E-state index contributed by atoms with van der Waals surface area (Å²) < 4.78 is 6.75. The zero-order valence-corrected chi connectivity index (χ0v) is 11.2. The van der Waals surface area contributed by atoms with E-state index < -0.39 is 4.92 Å². The van der Waals surface area contributed by atoms with Crippen LogP contribution >= 0.6 is 0 Å². The third-order valence-corrected chi connectivity index (χ3v) is 2.98. The van der Waals surface area contributed by atoms with Crippen LogP contribution in [0, 0.1) is 17.0 Å². The zero-order valence-electron chi connectivity index (χ0n) is 11.2. The van der Waals surface area contributed by atoms with E-state index in [1.54, 1.807) is 42.8 Å². The Morgan fingerprint density at radius 2 is 1.95 bits per heavy atom. The van der Waals surface area contributed by atoms with Crippen molar-refractivity contribution in [2.45, 2.75) is 13.8 Å². The molecule has 0 aliphatic rings. The number of nitrogens with zero attached hydrogens (tertiary/aromatic N) is 2. The maximum atomic E-state index is 11.7. The highest BCUT2D eigenvalue weighted by molar-refractivity contribution is 5.91. The van der Waals surface area contributed by atoms with Crippen LogP contribution in [0.25, 0.3) is 5.69 Å². The fraction of sp³-hybridized carbons (Fsp3) is 0.214. The summed E-state index contributed by atoms with van der Waals surface area (Å²) in [6.45, 7) is 3.87. The van der Waals surface area contributed by atoms with Gasteiger partial charge in [-0.15, -0.1) is 0 Å². The number of nitro benzene ring substituents is 1. The lowest BCUT2D eigenvalue weighted by Gasteiger charge is -2.07. The van der Waals surface area contributed by atoms with Crippen molar-refractivity contribution < 1.29 is 14.5 Å². The molecule has 104 valence electrons. The average molecular weight is 274 g/mol. The molecule has 1 aromatic carbocycles. The van der Waals surface area contributed by atoms with E-state index in [4.69, 9.17) is 4.74 Å². The first-order valence-electron chi connectivity index (χ1n) is 6.14. The molecule has 0 fully saturated rings. The van der Waals surface area contributed by atoms with Gasteiger partial charge >= 0.3 is 5.97 Å². The molecule has 0 saturated heterocycles. The van der Waals surface area contributed by atoms with E-state index in [9.17, 15) is 14.9 Å². The Labute approximate surface area is 115 Å². The molecular formula is C14H14N2O4. The van der Waals surface area contributed by atoms with Crippen LogP contribution in [0.1, 0.15) is 23.0 Å². The fourth-order valence-corrected chi connectivity index (χ4v) is 1.95. The van der Waals surface area contributed by atoms with Crippen LogP contribution in [0.5, 0.6) is 0 Å². The van der Waals surface area contributed by atoms with Gasteiger partial charge in [0.25, 0.3) is 5.69 Å². The van der Waals surface area contributed by atoms with Crippen molar-refractivity contribution in [1.29, 1.82) is 0 Å². The number of carbonyl (C=O) groups excluding carboxylic acids is 1. The first kappa shape index (κ1) is 13.8. The second kappa shape index (κ2) is 5.56. The number of carbonyl (C=O) groups is 1. The minimum Gasteiger partial charge on any atom is -0.462 e. The number of benzene rings is 1. The van der Waals surface area contributed by atoms with Crippen LogP contribution in [-0.2, 0) is 4.74 Å². The molecule has 1 heterocycles. The summed E-state index contributed by atoms with van der Waals surface area (Å²) in [5, 5.41) is 10.6. The normalized spacial score (nSPS) is 10.3. The van der Waals surface area contributed by atoms with E-state index in [2.05, 4.69) is 0 Å². The highest BCUT2D eigenvalue weighted by Gasteiger charge is 2.15. The fourth-order valence-electron chi connectivity index (χ4n) is 1.95. The van der Waals surface area contributed by atoms with Crippen molar-refractivity contribution in [2.75, 3.05) is 6.61 Å². The van der Waals surface area contributed by atoms with E-state index in [0.717, 1.165) is 11.4 Å². The summed E-state index contributed by atoms with van der Waals surface area (Å²) in [6.07, 6.45) is 1.74. The smallest absolute Gasteiger partial charge is 0.339 e. The largest absolute Gasteiger partial charge is 0.462 e. The summed E-state index contributed by atoms with van der Waals surface area (Å²) in [5.41, 5.74) is 2.01. The van der Waals surface area contributed by atoms with Crippen LogP contribution in [0.2, 0.25) is 0 Å². The SMILES string of the molecule is CCOC(=O)c1ccn(-c2ccc([N+](=O)[O-])cc2)c1C. The second-order valence-electron chi connectivity index (χ2n) is 4.18. The molecule has 0 bridgehead atoms. The van der Waals surface area contributed by atoms with Gasteiger partial charge in [0, 0.05) is 29.7 Å². The van der Waals surface area contributed by atoms with Crippen molar-refractivity contribution in [2.24, 2.45) is 0 Å². The van der Waals surface area contributed by atoms with Crippen molar-refractivity contribution in [3.05, 3.63) is 57.9 Å². The number of aromatic nitrogens is 1. The van der Waals surface area contributed by atoms with Crippen LogP contribution in [-0.4, -0.2) is 22.1 Å².